The molecule has 1 N–H and O–H groups in total. The highest BCUT2D eigenvalue weighted by Crippen LogP contribution is 2.36. The van der Waals surface area contributed by atoms with Gasteiger partial charge in [0.05, 0.1) is 18.8 Å². The number of carbonyl (C=O) groups excluding carboxylic acids is 1. The Labute approximate surface area is 184 Å². The number of amides is 1. The van der Waals surface area contributed by atoms with Gasteiger partial charge < -0.3 is 24.1 Å². The summed E-state index contributed by atoms with van der Waals surface area (Å²) in [5, 5.41) is 12.3. The third-order valence-electron chi connectivity index (χ3n) is 7.49. The molecule has 0 unspecified atom stereocenters. The molecule has 3 heterocycles. The van der Waals surface area contributed by atoms with Gasteiger partial charge in [-0.25, -0.2) is 0 Å². The Morgan fingerprint density at radius 3 is 2.52 bits per heavy atom. The highest BCUT2D eigenvalue weighted by molar-refractivity contribution is 5.96. The van der Waals surface area contributed by atoms with E-state index in [1.807, 2.05) is 24.3 Å². The van der Waals surface area contributed by atoms with Crippen LogP contribution in [0.25, 0.3) is 11.0 Å². The molecule has 0 radical (unpaired) electrons. The second kappa shape index (κ2) is 8.93. The molecule has 0 spiro atoms. The second-order valence-corrected chi connectivity index (χ2v) is 9.60. The monoisotopic (exact) mass is 426 g/mol. The molecule has 2 aromatic rings. The van der Waals surface area contributed by atoms with Crippen LogP contribution in [0.2, 0.25) is 0 Å². The molecule has 1 aliphatic carbocycles. The molecule has 1 aromatic carbocycles. The maximum absolute atomic E-state index is 12.7. The van der Waals surface area contributed by atoms with Crippen LogP contribution in [0.3, 0.4) is 0 Å². The number of furan rings is 1. The van der Waals surface area contributed by atoms with E-state index in [4.69, 9.17) is 9.15 Å². The van der Waals surface area contributed by atoms with E-state index in [-0.39, 0.29) is 5.91 Å². The van der Waals surface area contributed by atoms with Crippen molar-refractivity contribution >= 4 is 16.9 Å². The van der Waals surface area contributed by atoms with E-state index >= 15 is 0 Å². The predicted octanol–water partition coefficient (Wildman–Crippen LogP) is 3.77. The highest BCUT2D eigenvalue weighted by Gasteiger charge is 2.35. The van der Waals surface area contributed by atoms with Crippen molar-refractivity contribution in [3.63, 3.8) is 0 Å². The SMILES string of the molecule is O=C(c1cc2cc(C3(O)CCN(CC4CCCCC4)CC3)ccc2o1)N1CCOCC1. The van der Waals surface area contributed by atoms with E-state index < -0.39 is 5.60 Å². The number of hydrogen-bond acceptors (Lipinski definition) is 5. The first-order valence-electron chi connectivity index (χ1n) is 12.0. The molecule has 6 nitrogen and oxygen atoms in total. The molecule has 5 rings (SSSR count). The summed E-state index contributed by atoms with van der Waals surface area (Å²) in [4.78, 5) is 17.1. The van der Waals surface area contributed by atoms with Crippen molar-refractivity contribution in [1.29, 1.82) is 0 Å². The highest BCUT2D eigenvalue weighted by atomic mass is 16.5. The van der Waals surface area contributed by atoms with E-state index in [0.717, 1.165) is 42.8 Å². The smallest absolute Gasteiger partial charge is 0.289 e. The van der Waals surface area contributed by atoms with Crippen LogP contribution in [0, 0.1) is 5.92 Å². The average molecular weight is 427 g/mol. The predicted molar refractivity (Wildman–Crippen MR) is 119 cm³/mol. The van der Waals surface area contributed by atoms with Crippen LogP contribution in [0.1, 0.15) is 61.1 Å². The molecule has 6 heteroatoms. The van der Waals surface area contributed by atoms with Crippen molar-refractivity contribution in [2.24, 2.45) is 5.92 Å². The molecule has 3 fully saturated rings. The normalized spacial score (nSPS) is 23.3. The van der Waals surface area contributed by atoms with E-state index in [9.17, 15) is 9.90 Å². The quantitative estimate of drug-likeness (QED) is 0.806. The summed E-state index contributed by atoms with van der Waals surface area (Å²) < 4.78 is 11.2. The first kappa shape index (κ1) is 21.0. The zero-order chi connectivity index (χ0) is 21.3. The number of rotatable bonds is 4. The number of morpholine rings is 1. The number of ether oxygens (including phenoxy) is 1. The van der Waals surface area contributed by atoms with Gasteiger partial charge in [-0.15, -0.1) is 0 Å². The molecule has 2 saturated heterocycles. The Kier molecular flexibility index (Phi) is 6.04. The first-order chi connectivity index (χ1) is 15.1. The topological polar surface area (TPSA) is 66.2 Å². The molecule has 168 valence electrons. The van der Waals surface area contributed by atoms with Gasteiger partial charge in [-0.3, -0.25) is 4.79 Å². The van der Waals surface area contributed by atoms with Crippen LogP contribution >= 0.6 is 0 Å². The third kappa shape index (κ3) is 4.52. The molecule has 2 aliphatic heterocycles. The van der Waals surface area contributed by atoms with Gasteiger partial charge in [0.25, 0.3) is 5.91 Å². The standard InChI is InChI=1S/C25H34N2O4/c28-24(27-12-14-30-15-13-27)23-17-20-16-21(6-7-22(20)31-23)25(29)8-10-26(11-9-25)18-19-4-2-1-3-5-19/h6-7,16-17,19,29H,1-5,8-15,18H2. The van der Waals surface area contributed by atoms with Crippen molar-refractivity contribution in [3.8, 4) is 0 Å². The fourth-order valence-electron chi connectivity index (χ4n) is 5.49. The Morgan fingerprint density at radius 1 is 1.03 bits per heavy atom. The van der Waals surface area contributed by atoms with Gasteiger partial charge in [-0.05, 0) is 55.4 Å². The Bertz CT molecular complexity index is 903. The Balaban J connectivity index is 1.26. The van der Waals surface area contributed by atoms with Crippen LogP contribution in [-0.2, 0) is 10.3 Å². The number of piperidine rings is 1. The number of aliphatic hydroxyl groups is 1. The second-order valence-electron chi connectivity index (χ2n) is 9.60. The lowest BCUT2D eigenvalue weighted by molar-refractivity contribution is -0.0296. The van der Waals surface area contributed by atoms with Gasteiger partial charge in [-0.2, -0.15) is 0 Å². The van der Waals surface area contributed by atoms with E-state index in [2.05, 4.69) is 4.90 Å². The van der Waals surface area contributed by atoms with E-state index in [1.54, 1.807) is 4.90 Å². The Hall–Kier alpha value is -1.89. The minimum Gasteiger partial charge on any atom is -0.451 e. The molecule has 3 aliphatic rings. The minimum atomic E-state index is -0.803. The molecule has 1 saturated carbocycles. The van der Waals surface area contributed by atoms with Crippen LogP contribution in [-0.4, -0.2) is 66.8 Å². The van der Waals surface area contributed by atoms with Gasteiger partial charge in [-0.1, -0.05) is 25.3 Å². The lowest BCUT2D eigenvalue weighted by Gasteiger charge is -2.40. The van der Waals surface area contributed by atoms with Crippen LogP contribution < -0.4 is 0 Å². The summed E-state index contributed by atoms with van der Waals surface area (Å²) >= 11 is 0. The Morgan fingerprint density at radius 2 is 1.77 bits per heavy atom. The largest absolute Gasteiger partial charge is 0.451 e. The summed E-state index contributed by atoms with van der Waals surface area (Å²) in [5.74, 6) is 1.11. The third-order valence-corrected chi connectivity index (χ3v) is 7.49. The number of carbonyl (C=O) groups is 1. The van der Waals surface area contributed by atoms with Gasteiger partial charge in [0.2, 0.25) is 0 Å². The lowest BCUT2D eigenvalue weighted by atomic mass is 9.83. The molecule has 1 aromatic heterocycles. The fraction of sp³-hybridized carbons (Fsp3) is 0.640. The lowest BCUT2D eigenvalue weighted by Crippen LogP contribution is -2.44. The molecular formula is C25H34N2O4. The maximum atomic E-state index is 12.7. The summed E-state index contributed by atoms with van der Waals surface area (Å²) in [7, 11) is 0. The van der Waals surface area contributed by atoms with Crippen molar-refractivity contribution in [1.82, 2.24) is 9.80 Å². The van der Waals surface area contributed by atoms with Gasteiger partial charge >= 0.3 is 0 Å². The fourth-order valence-corrected chi connectivity index (χ4v) is 5.49. The summed E-state index contributed by atoms with van der Waals surface area (Å²) in [6.45, 7) is 5.40. The number of benzene rings is 1. The molecular weight excluding hydrogens is 392 g/mol. The van der Waals surface area contributed by atoms with E-state index in [1.165, 1.54) is 38.6 Å². The molecule has 1 amide bonds. The van der Waals surface area contributed by atoms with Crippen LogP contribution in [0.4, 0.5) is 0 Å². The summed E-state index contributed by atoms with van der Waals surface area (Å²) in [6.07, 6.45) is 8.39. The zero-order valence-electron chi connectivity index (χ0n) is 18.4. The number of nitrogens with zero attached hydrogens (tertiary/aromatic N) is 2. The molecule has 0 bridgehead atoms. The van der Waals surface area contributed by atoms with Crippen LogP contribution in [0.5, 0.6) is 0 Å². The number of fused-ring (bicyclic) bond motifs is 1. The number of hydrogen-bond donors (Lipinski definition) is 1. The van der Waals surface area contributed by atoms with Gasteiger partial charge in [0.1, 0.15) is 5.58 Å². The summed E-state index contributed by atoms with van der Waals surface area (Å²) in [5.41, 5.74) is 0.824. The maximum Gasteiger partial charge on any atom is 0.289 e. The van der Waals surface area contributed by atoms with Crippen molar-refractivity contribution < 1.29 is 19.1 Å². The zero-order valence-corrected chi connectivity index (χ0v) is 18.4. The summed E-state index contributed by atoms with van der Waals surface area (Å²) in [6, 6.07) is 7.68. The van der Waals surface area contributed by atoms with Crippen molar-refractivity contribution in [2.75, 3.05) is 45.9 Å². The van der Waals surface area contributed by atoms with Crippen molar-refractivity contribution in [2.45, 2.75) is 50.5 Å². The van der Waals surface area contributed by atoms with E-state index in [0.29, 0.717) is 37.6 Å². The van der Waals surface area contributed by atoms with Gasteiger partial charge in [0, 0.05) is 38.1 Å². The van der Waals surface area contributed by atoms with Crippen molar-refractivity contribution in [3.05, 3.63) is 35.6 Å². The van der Waals surface area contributed by atoms with Crippen LogP contribution in [0.15, 0.2) is 28.7 Å². The first-order valence-corrected chi connectivity index (χ1v) is 12.0. The molecule has 31 heavy (non-hydrogen) atoms. The minimum absolute atomic E-state index is 0.0872. The average Bonchev–Trinajstić information content (AvgIpc) is 3.25. The number of likely N-dealkylation sites (tertiary alicyclic amines) is 1. The molecule has 0 atom stereocenters. The van der Waals surface area contributed by atoms with Gasteiger partial charge in [0.15, 0.2) is 5.76 Å².